The van der Waals surface area contributed by atoms with E-state index in [4.69, 9.17) is 5.26 Å². The molecule has 2 fully saturated rings. The summed E-state index contributed by atoms with van der Waals surface area (Å²) < 4.78 is 27.2. The van der Waals surface area contributed by atoms with Crippen LogP contribution in [0.4, 0.5) is 0 Å². The molecule has 2 unspecified atom stereocenters. The Bertz CT molecular complexity index is 699. The topological polar surface area (TPSA) is 73.2 Å². The van der Waals surface area contributed by atoms with Crippen LogP contribution in [0.3, 0.4) is 0 Å². The minimum Gasteiger partial charge on any atom is -0.316 e. The van der Waals surface area contributed by atoms with Crippen LogP contribution < -0.4 is 5.32 Å². The van der Waals surface area contributed by atoms with Crippen LogP contribution in [-0.2, 0) is 10.0 Å². The first-order valence-electron chi connectivity index (χ1n) is 7.24. The number of benzene rings is 1. The number of sulfonamides is 1. The van der Waals surface area contributed by atoms with Gasteiger partial charge in [0.1, 0.15) is 0 Å². The van der Waals surface area contributed by atoms with E-state index in [1.165, 1.54) is 0 Å². The molecule has 0 bridgehead atoms. The molecule has 22 heavy (non-hydrogen) atoms. The molecule has 0 spiro atoms. The van der Waals surface area contributed by atoms with E-state index in [-0.39, 0.29) is 12.4 Å². The van der Waals surface area contributed by atoms with E-state index in [2.05, 4.69) is 5.32 Å². The fourth-order valence-electron chi connectivity index (χ4n) is 3.37. The minimum atomic E-state index is -3.46. The maximum absolute atomic E-state index is 12.8. The van der Waals surface area contributed by atoms with Crippen molar-refractivity contribution in [2.24, 2.45) is 11.8 Å². The highest BCUT2D eigenvalue weighted by Crippen LogP contribution is 2.31. The molecule has 1 N–H and O–H groups in total. The van der Waals surface area contributed by atoms with Gasteiger partial charge in [0.25, 0.3) is 0 Å². The van der Waals surface area contributed by atoms with Crippen LogP contribution in [-0.4, -0.2) is 38.9 Å². The van der Waals surface area contributed by atoms with E-state index in [1.807, 2.05) is 6.07 Å². The van der Waals surface area contributed by atoms with Crippen molar-refractivity contribution in [1.29, 1.82) is 5.26 Å². The average molecular weight is 342 g/mol. The monoisotopic (exact) mass is 341 g/mol. The number of nitrogens with one attached hydrogen (secondary N) is 1. The lowest BCUT2D eigenvalue weighted by atomic mass is 9.90. The van der Waals surface area contributed by atoms with Crippen molar-refractivity contribution >= 4 is 22.4 Å². The molecule has 0 aromatic heterocycles. The second kappa shape index (κ2) is 6.55. The standard InChI is InChI=1S/C15H19N3O2S.ClH/c1-11-6-12(7-16)2-3-15(11)21(19,20)18-5-4-13-8-17-9-14(13)10-18;/h2-3,6,13-14,17H,4-5,8-10H2,1H3;1H. The highest BCUT2D eigenvalue weighted by molar-refractivity contribution is 7.89. The Hall–Kier alpha value is -1.13. The lowest BCUT2D eigenvalue weighted by Crippen LogP contribution is -2.43. The summed E-state index contributed by atoms with van der Waals surface area (Å²) in [7, 11) is -3.46. The Morgan fingerprint density at radius 2 is 2.05 bits per heavy atom. The Balaban J connectivity index is 0.00000176. The highest BCUT2D eigenvalue weighted by Gasteiger charge is 2.38. The molecule has 0 aliphatic carbocycles. The van der Waals surface area contributed by atoms with Gasteiger partial charge in [-0.3, -0.25) is 0 Å². The van der Waals surface area contributed by atoms with Crippen molar-refractivity contribution in [3.8, 4) is 6.07 Å². The van der Waals surface area contributed by atoms with Gasteiger partial charge in [-0.05, 0) is 62.0 Å². The van der Waals surface area contributed by atoms with Crippen LogP contribution in [0.25, 0.3) is 0 Å². The maximum atomic E-state index is 12.8. The van der Waals surface area contributed by atoms with E-state index < -0.39 is 10.0 Å². The number of hydrogen-bond donors (Lipinski definition) is 1. The van der Waals surface area contributed by atoms with Gasteiger partial charge in [0.05, 0.1) is 16.5 Å². The normalized spacial score (nSPS) is 25.1. The van der Waals surface area contributed by atoms with E-state index in [9.17, 15) is 8.42 Å². The van der Waals surface area contributed by atoms with E-state index in [0.717, 1.165) is 19.5 Å². The zero-order chi connectivity index (χ0) is 15.0. The number of aryl methyl sites for hydroxylation is 1. The van der Waals surface area contributed by atoms with Gasteiger partial charge in [0, 0.05) is 13.1 Å². The fraction of sp³-hybridized carbons (Fsp3) is 0.533. The summed E-state index contributed by atoms with van der Waals surface area (Å²) >= 11 is 0. The minimum absolute atomic E-state index is 0. The van der Waals surface area contributed by atoms with Crippen molar-refractivity contribution < 1.29 is 8.42 Å². The van der Waals surface area contributed by atoms with E-state index in [1.54, 1.807) is 29.4 Å². The van der Waals surface area contributed by atoms with Gasteiger partial charge in [-0.25, -0.2) is 8.42 Å². The molecule has 1 aromatic carbocycles. The molecular formula is C15H20ClN3O2S. The Morgan fingerprint density at radius 1 is 1.32 bits per heavy atom. The Kier molecular flexibility index (Phi) is 5.13. The number of nitrogens with zero attached hydrogens (tertiary/aromatic N) is 2. The van der Waals surface area contributed by atoms with Crippen LogP contribution in [0, 0.1) is 30.1 Å². The second-order valence-electron chi connectivity index (χ2n) is 5.92. The first-order valence-corrected chi connectivity index (χ1v) is 8.68. The largest absolute Gasteiger partial charge is 0.316 e. The first-order chi connectivity index (χ1) is 10.0. The smallest absolute Gasteiger partial charge is 0.243 e. The molecule has 0 radical (unpaired) electrons. The summed E-state index contributed by atoms with van der Waals surface area (Å²) in [6.07, 6.45) is 0.923. The number of nitriles is 1. The van der Waals surface area contributed by atoms with Crippen molar-refractivity contribution in [2.75, 3.05) is 26.2 Å². The average Bonchev–Trinajstić information content (AvgIpc) is 2.94. The molecule has 5 nitrogen and oxygen atoms in total. The highest BCUT2D eigenvalue weighted by atomic mass is 35.5. The third-order valence-electron chi connectivity index (χ3n) is 4.59. The van der Waals surface area contributed by atoms with Gasteiger partial charge >= 0.3 is 0 Å². The maximum Gasteiger partial charge on any atom is 0.243 e. The summed E-state index contributed by atoms with van der Waals surface area (Å²) in [6.45, 7) is 4.85. The predicted molar refractivity (Wildman–Crippen MR) is 86.4 cm³/mol. The van der Waals surface area contributed by atoms with Crippen molar-refractivity contribution in [2.45, 2.75) is 18.2 Å². The molecule has 2 heterocycles. The number of fused-ring (bicyclic) bond motifs is 1. The van der Waals surface area contributed by atoms with Gasteiger partial charge in [-0.2, -0.15) is 9.57 Å². The van der Waals surface area contributed by atoms with Crippen molar-refractivity contribution in [3.63, 3.8) is 0 Å². The van der Waals surface area contributed by atoms with Crippen molar-refractivity contribution in [3.05, 3.63) is 29.3 Å². The lowest BCUT2D eigenvalue weighted by molar-refractivity contribution is 0.228. The predicted octanol–water partition coefficient (Wildman–Crippen LogP) is 1.52. The molecule has 120 valence electrons. The summed E-state index contributed by atoms with van der Waals surface area (Å²) in [4.78, 5) is 0.325. The van der Waals surface area contributed by atoms with Crippen LogP contribution in [0.1, 0.15) is 17.5 Å². The SMILES string of the molecule is Cc1cc(C#N)ccc1S(=O)(=O)N1CCC2CNCC2C1.Cl. The molecule has 2 aliphatic rings. The van der Waals surface area contributed by atoms with Crippen LogP contribution in [0.15, 0.2) is 23.1 Å². The van der Waals surface area contributed by atoms with Crippen LogP contribution in [0.5, 0.6) is 0 Å². The van der Waals surface area contributed by atoms with Gasteiger partial charge in [0.2, 0.25) is 10.0 Å². The molecule has 2 saturated heterocycles. The van der Waals surface area contributed by atoms with Gasteiger partial charge in [-0.15, -0.1) is 12.4 Å². The number of rotatable bonds is 2. The summed E-state index contributed by atoms with van der Waals surface area (Å²) in [5.74, 6) is 1.03. The quantitative estimate of drug-likeness (QED) is 0.885. The lowest BCUT2D eigenvalue weighted by Gasteiger charge is -2.33. The second-order valence-corrected chi connectivity index (χ2v) is 7.83. The third-order valence-corrected chi connectivity index (χ3v) is 6.61. The first kappa shape index (κ1) is 17.2. The molecule has 1 aromatic rings. The number of piperidine rings is 1. The van der Waals surface area contributed by atoms with E-state index >= 15 is 0 Å². The molecular weight excluding hydrogens is 322 g/mol. The van der Waals surface area contributed by atoms with Gasteiger partial charge in [0.15, 0.2) is 0 Å². The van der Waals surface area contributed by atoms with Crippen LogP contribution in [0.2, 0.25) is 0 Å². The van der Waals surface area contributed by atoms with Crippen molar-refractivity contribution in [1.82, 2.24) is 9.62 Å². The van der Waals surface area contributed by atoms with Crippen LogP contribution >= 0.6 is 12.4 Å². The van der Waals surface area contributed by atoms with Gasteiger partial charge < -0.3 is 5.32 Å². The Morgan fingerprint density at radius 3 is 2.73 bits per heavy atom. The third kappa shape index (κ3) is 2.99. The van der Waals surface area contributed by atoms with E-state index in [0.29, 0.717) is 40.9 Å². The molecule has 0 saturated carbocycles. The molecule has 2 aliphatic heterocycles. The summed E-state index contributed by atoms with van der Waals surface area (Å²) in [5.41, 5.74) is 1.13. The molecule has 0 amide bonds. The zero-order valence-corrected chi connectivity index (χ0v) is 14.1. The summed E-state index contributed by atoms with van der Waals surface area (Å²) in [5, 5.41) is 12.2. The fourth-order valence-corrected chi connectivity index (χ4v) is 5.08. The molecule has 7 heteroatoms. The zero-order valence-electron chi connectivity index (χ0n) is 12.4. The summed E-state index contributed by atoms with van der Waals surface area (Å²) in [6, 6.07) is 6.81. The van der Waals surface area contributed by atoms with Gasteiger partial charge in [-0.1, -0.05) is 0 Å². The molecule has 2 atom stereocenters. The molecule has 3 rings (SSSR count). The number of halogens is 1. The Labute approximate surface area is 137 Å². The number of hydrogen-bond acceptors (Lipinski definition) is 4.